The van der Waals surface area contributed by atoms with E-state index in [9.17, 15) is 4.79 Å². The number of amides is 1. The number of rotatable bonds is 7. The molecule has 1 N–H and O–H groups in total. The number of hydrazone groups is 1. The van der Waals surface area contributed by atoms with E-state index in [0.717, 1.165) is 34.7 Å². The highest BCUT2D eigenvalue weighted by molar-refractivity contribution is 8.13. The van der Waals surface area contributed by atoms with Crippen LogP contribution in [0.2, 0.25) is 0 Å². The van der Waals surface area contributed by atoms with Gasteiger partial charge in [-0.2, -0.15) is 0 Å². The summed E-state index contributed by atoms with van der Waals surface area (Å²) in [7, 11) is 1.61. The molecule has 1 amide bonds. The van der Waals surface area contributed by atoms with Crippen LogP contribution in [0.4, 0.5) is 0 Å². The SMILES string of the molecule is CCCCSC1=NN2C(=c3ccccc3=NC2c2ccc(OC)c(OCC)c2)C(=O)N1. The van der Waals surface area contributed by atoms with E-state index in [0.29, 0.717) is 29.0 Å². The summed E-state index contributed by atoms with van der Waals surface area (Å²) < 4.78 is 11.2. The Labute approximate surface area is 185 Å². The van der Waals surface area contributed by atoms with Crippen molar-refractivity contribution in [1.82, 2.24) is 10.3 Å². The van der Waals surface area contributed by atoms with Crippen LogP contribution in [-0.2, 0) is 4.79 Å². The predicted molar refractivity (Wildman–Crippen MR) is 122 cm³/mol. The zero-order valence-corrected chi connectivity index (χ0v) is 18.7. The zero-order valence-electron chi connectivity index (χ0n) is 17.9. The van der Waals surface area contributed by atoms with Crippen molar-refractivity contribution in [1.29, 1.82) is 0 Å². The van der Waals surface area contributed by atoms with Crippen LogP contribution in [-0.4, -0.2) is 35.6 Å². The standard InChI is InChI=1S/C23H26N4O3S/c1-4-6-13-31-23-25-22(28)20-16-9-7-8-10-17(16)24-21(27(20)26-23)15-11-12-18(29-3)19(14-15)30-5-2/h7-12,14,21H,4-6,13H2,1-3H3,(H,25,26,28). The molecule has 0 spiro atoms. The zero-order chi connectivity index (χ0) is 21.8. The van der Waals surface area contributed by atoms with Crippen LogP contribution in [0.5, 0.6) is 11.5 Å². The largest absolute Gasteiger partial charge is 0.493 e. The monoisotopic (exact) mass is 438 g/mol. The minimum absolute atomic E-state index is 0.167. The number of hydrogen-bond acceptors (Lipinski definition) is 7. The Balaban J connectivity index is 1.83. The van der Waals surface area contributed by atoms with Crippen LogP contribution in [0.1, 0.15) is 38.4 Å². The lowest BCUT2D eigenvalue weighted by atomic mass is 10.1. The first-order chi connectivity index (χ1) is 15.2. The third kappa shape index (κ3) is 4.25. The van der Waals surface area contributed by atoms with Crippen LogP contribution in [0.25, 0.3) is 5.70 Å². The smallest absolute Gasteiger partial charge is 0.276 e. The average molecular weight is 439 g/mol. The maximum atomic E-state index is 13.1. The number of para-hydroxylation sites is 1. The third-order valence-electron chi connectivity index (χ3n) is 5.04. The van der Waals surface area contributed by atoms with Gasteiger partial charge in [-0.1, -0.05) is 49.4 Å². The van der Waals surface area contributed by atoms with Gasteiger partial charge in [0, 0.05) is 16.5 Å². The molecular formula is C23H26N4O3S. The van der Waals surface area contributed by atoms with Crippen LogP contribution in [0, 0.1) is 0 Å². The van der Waals surface area contributed by atoms with Crippen LogP contribution in [0.15, 0.2) is 52.6 Å². The number of methoxy groups -OCH3 is 1. The van der Waals surface area contributed by atoms with Crippen LogP contribution < -0.4 is 25.4 Å². The number of amidine groups is 1. The number of carbonyl (C=O) groups excluding carboxylic acids is 1. The van der Waals surface area contributed by atoms with E-state index in [1.165, 1.54) is 0 Å². The molecule has 8 heteroatoms. The summed E-state index contributed by atoms with van der Waals surface area (Å²) in [6.45, 7) is 4.59. The maximum Gasteiger partial charge on any atom is 0.276 e. The lowest BCUT2D eigenvalue weighted by Gasteiger charge is -2.34. The van der Waals surface area contributed by atoms with Gasteiger partial charge in [0.25, 0.3) is 5.91 Å². The van der Waals surface area contributed by atoms with Gasteiger partial charge in [-0.05, 0) is 31.5 Å². The normalized spacial score (nSPS) is 17.2. The van der Waals surface area contributed by atoms with Crippen molar-refractivity contribution in [2.24, 2.45) is 10.1 Å². The molecule has 0 aliphatic carbocycles. The Bertz CT molecular complexity index is 1130. The Kier molecular flexibility index (Phi) is 6.46. The number of fused-ring (bicyclic) bond motifs is 2. The van der Waals surface area contributed by atoms with E-state index in [-0.39, 0.29) is 5.91 Å². The fourth-order valence-electron chi connectivity index (χ4n) is 3.54. The highest BCUT2D eigenvalue weighted by atomic mass is 32.2. The number of nitrogens with one attached hydrogen (secondary N) is 1. The van der Waals surface area contributed by atoms with Crippen LogP contribution >= 0.6 is 11.8 Å². The number of thioether (sulfide) groups is 1. The molecule has 2 aromatic carbocycles. The lowest BCUT2D eigenvalue weighted by molar-refractivity contribution is -0.116. The first-order valence-corrected chi connectivity index (χ1v) is 11.4. The van der Waals surface area contributed by atoms with Crippen molar-refractivity contribution >= 4 is 28.5 Å². The second-order valence-electron chi connectivity index (χ2n) is 7.12. The molecule has 2 aliphatic heterocycles. The molecule has 1 atom stereocenters. The van der Waals surface area contributed by atoms with E-state index in [1.54, 1.807) is 23.9 Å². The van der Waals surface area contributed by atoms with E-state index in [2.05, 4.69) is 12.2 Å². The van der Waals surface area contributed by atoms with Gasteiger partial charge in [0.15, 0.2) is 22.8 Å². The highest BCUT2D eigenvalue weighted by Crippen LogP contribution is 2.36. The van der Waals surface area contributed by atoms with E-state index < -0.39 is 6.17 Å². The van der Waals surface area contributed by atoms with Crippen molar-refractivity contribution in [3.63, 3.8) is 0 Å². The van der Waals surface area contributed by atoms with Gasteiger partial charge in [0.1, 0.15) is 5.70 Å². The molecule has 0 bridgehead atoms. The number of benzene rings is 2. The second-order valence-corrected chi connectivity index (χ2v) is 8.20. The van der Waals surface area contributed by atoms with Gasteiger partial charge in [0.2, 0.25) is 0 Å². The quantitative estimate of drug-likeness (QED) is 0.673. The molecule has 0 aromatic heterocycles. The molecule has 31 heavy (non-hydrogen) atoms. The number of hydrogen-bond donors (Lipinski definition) is 1. The van der Waals surface area contributed by atoms with E-state index >= 15 is 0 Å². The molecule has 162 valence electrons. The fraction of sp³-hybridized carbons (Fsp3) is 0.348. The Morgan fingerprint density at radius 3 is 2.77 bits per heavy atom. The van der Waals surface area contributed by atoms with E-state index in [1.807, 2.05) is 49.4 Å². The minimum atomic E-state index is -0.483. The summed E-state index contributed by atoms with van der Waals surface area (Å²) in [5.41, 5.74) is 1.37. The topological polar surface area (TPSA) is 75.5 Å². The van der Waals surface area contributed by atoms with Crippen molar-refractivity contribution in [2.45, 2.75) is 32.9 Å². The van der Waals surface area contributed by atoms with Gasteiger partial charge < -0.3 is 9.47 Å². The third-order valence-corrected chi connectivity index (χ3v) is 5.99. The molecule has 7 nitrogen and oxygen atoms in total. The maximum absolute atomic E-state index is 13.1. The molecule has 2 aromatic rings. The number of ether oxygens (including phenoxy) is 2. The average Bonchev–Trinajstić information content (AvgIpc) is 2.78. The predicted octanol–water partition coefficient (Wildman–Crippen LogP) is 2.77. The Morgan fingerprint density at radius 2 is 2.00 bits per heavy atom. The molecule has 0 saturated heterocycles. The molecule has 0 radical (unpaired) electrons. The Hall–Kier alpha value is -3.00. The summed E-state index contributed by atoms with van der Waals surface area (Å²) in [6, 6.07) is 13.4. The summed E-state index contributed by atoms with van der Waals surface area (Å²) >= 11 is 1.55. The summed E-state index contributed by atoms with van der Waals surface area (Å²) in [6.07, 6.45) is 1.66. The number of unbranched alkanes of at least 4 members (excludes halogenated alkanes) is 1. The van der Waals surface area contributed by atoms with Crippen LogP contribution in [0.3, 0.4) is 0 Å². The van der Waals surface area contributed by atoms with Crippen molar-refractivity contribution < 1.29 is 14.3 Å². The summed E-state index contributed by atoms with van der Waals surface area (Å²) in [4.78, 5) is 18.0. The lowest BCUT2D eigenvalue weighted by Crippen LogP contribution is -2.50. The molecule has 2 aliphatic rings. The molecule has 1 unspecified atom stereocenters. The second kappa shape index (κ2) is 9.43. The van der Waals surface area contributed by atoms with E-state index in [4.69, 9.17) is 19.6 Å². The first-order valence-electron chi connectivity index (χ1n) is 10.5. The molecular weight excluding hydrogens is 412 g/mol. The molecule has 2 heterocycles. The summed E-state index contributed by atoms with van der Waals surface area (Å²) in [5.74, 6) is 2.02. The van der Waals surface area contributed by atoms with Gasteiger partial charge in [-0.3, -0.25) is 15.1 Å². The van der Waals surface area contributed by atoms with Gasteiger partial charge in [-0.15, -0.1) is 5.10 Å². The fourth-order valence-corrected chi connectivity index (χ4v) is 4.48. The Morgan fingerprint density at radius 1 is 1.16 bits per heavy atom. The highest BCUT2D eigenvalue weighted by Gasteiger charge is 2.34. The number of carbonyl (C=O) groups is 1. The van der Waals surface area contributed by atoms with Crippen molar-refractivity contribution in [3.8, 4) is 11.5 Å². The number of nitrogens with zero attached hydrogens (tertiary/aromatic N) is 3. The minimum Gasteiger partial charge on any atom is -0.493 e. The summed E-state index contributed by atoms with van der Waals surface area (Å²) in [5, 5.41) is 11.6. The van der Waals surface area contributed by atoms with Crippen molar-refractivity contribution in [2.75, 3.05) is 19.5 Å². The van der Waals surface area contributed by atoms with Gasteiger partial charge in [-0.25, -0.2) is 5.01 Å². The molecule has 0 saturated carbocycles. The molecule has 0 fully saturated rings. The molecule has 4 rings (SSSR count). The first kappa shape index (κ1) is 21.2. The van der Waals surface area contributed by atoms with Gasteiger partial charge >= 0.3 is 0 Å². The van der Waals surface area contributed by atoms with Gasteiger partial charge in [0.05, 0.1) is 19.1 Å². The van der Waals surface area contributed by atoms with Crippen molar-refractivity contribution in [3.05, 3.63) is 58.6 Å².